The molecule has 10 heteroatoms. The number of aryl methyl sites for hydroxylation is 18. The Morgan fingerprint density at radius 2 is 0.468 bits per heavy atom. The average molecular weight is 1800 g/mol. The normalized spacial score (nSPS) is 11.6. The fraction of sp³-hybridized carbons (Fsp3) is 0.147. The maximum atomic E-state index is 5.24. The predicted molar refractivity (Wildman–Crippen MR) is 583 cm³/mol. The second kappa shape index (κ2) is 36.4. The van der Waals surface area contributed by atoms with E-state index in [1.54, 1.807) is 0 Å². The van der Waals surface area contributed by atoms with Crippen molar-refractivity contribution in [1.29, 1.82) is 0 Å². The van der Waals surface area contributed by atoms with Crippen LogP contribution in [0.15, 0.2) is 346 Å². The van der Waals surface area contributed by atoms with E-state index in [1.807, 2.05) is 24.3 Å². The molecule has 0 radical (unpaired) electrons. The molecule has 20 aromatic carbocycles. The molecule has 0 spiro atoms. The Morgan fingerprint density at radius 3 is 0.885 bits per heavy atom. The number of hydrogen-bond acceptors (Lipinski definition) is 5. The average Bonchev–Trinajstić information content (AvgIpc) is 0.749. The van der Waals surface area contributed by atoms with Gasteiger partial charge in [-0.1, -0.05) is 327 Å². The zero-order valence-corrected chi connectivity index (χ0v) is 82.6. The van der Waals surface area contributed by atoms with Gasteiger partial charge in [-0.25, -0.2) is 24.9 Å². The molecular weight excluding hydrogens is 1690 g/mol. The Hall–Kier alpha value is -16.3. The summed E-state index contributed by atoms with van der Waals surface area (Å²) < 4.78 is 11.2. The molecule has 0 bridgehead atoms. The first-order valence-electron chi connectivity index (χ1n) is 48.4. The van der Waals surface area contributed by atoms with E-state index >= 15 is 0 Å². The van der Waals surface area contributed by atoms with E-state index in [1.165, 1.54) is 208 Å². The van der Waals surface area contributed by atoms with Crippen LogP contribution >= 0.6 is 0 Å². The van der Waals surface area contributed by atoms with Gasteiger partial charge in [-0.15, -0.1) is 0 Å². The Labute approximate surface area is 811 Å². The fourth-order valence-corrected chi connectivity index (χ4v) is 22.1. The predicted octanol–water partition coefficient (Wildman–Crippen LogP) is 29.4. The largest absolute Gasteiger partial charge is 0.239 e. The van der Waals surface area contributed by atoms with Crippen LogP contribution in [0.3, 0.4) is 0 Å². The molecule has 0 atom stereocenters. The van der Waals surface area contributed by atoms with Crippen molar-refractivity contribution < 1.29 is 22.8 Å². The number of benzene rings is 20. The smallest absolute Gasteiger partial charge is 0.234 e. The molecule has 25 aromatic rings. The first-order valence-corrected chi connectivity index (χ1v) is 48.4. The molecule has 10 nitrogen and oxygen atoms in total. The monoisotopic (exact) mass is 1800 g/mol. The maximum Gasteiger partial charge on any atom is 0.239 e. The minimum Gasteiger partial charge on any atom is -0.234 e. The minimum absolute atomic E-state index is 0.999. The van der Waals surface area contributed by atoms with E-state index in [4.69, 9.17) is 24.9 Å². The number of hydrogen-bond donors (Lipinski definition) is 0. The van der Waals surface area contributed by atoms with Gasteiger partial charge in [-0.2, -0.15) is 22.8 Å². The summed E-state index contributed by atoms with van der Waals surface area (Å²) in [6.45, 7) is 28.6. The molecule has 0 fully saturated rings. The summed E-state index contributed by atoms with van der Waals surface area (Å²) in [6, 6.07) is 112. The van der Waals surface area contributed by atoms with E-state index in [0.717, 1.165) is 90.3 Å². The minimum atomic E-state index is 0.999. The maximum absolute atomic E-state index is 5.24. The Bertz CT molecular complexity index is 9340. The van der Waals surface area contributed by atoms with E-state index in [-0.39, 0.29) is 0 Å². The zero-order valence-electron chi connectivity index (χ0n) is 82.6. The van der Waals surface area contributed by atoms with Crippen LogP contribution in [-0.2, 0) is 41.7 Å². The molecule has 0 aliphatic heterocycles. The SMILES string of the molecule is CCc1ccc2c3cccc(C)c3c3c(nc(-c4ccccc4)c[n+]3C)c2c1C.Cc1cc(C)c2c(c1)c1ccc(C)c(C)c1c1nc(-c3ccccc3)c[n+](C)c12.Cc1cc(C)c2c(c1)c1nc(-c3ccccc3)c[n+](C)c1c1c(C)cccc21.Cc1ccc2c(c1)c1nc(-c3ccccc3)c[n+](C)c1c1c(C)cccc21.Cc1cccc2c3ccccc3c3nc(-c4ccccc4)c[n+](C)c3c12. The van der Waals surface area contributed by atoms with Crippen molar-refractivity contribution in [3.05, 3.63) is 419 Å². The van der Waals surface area contributed by atoms with Crippen molar-refractivity contribution >= 4 is 163 Å². The van der Waals surface area contributed by atoms with Gasteiger partial charge in [0.1, 0.15) is 91.3 Å². The van der Waals surface area contributed by atoms with Gasteiger partial charge in [0.2, 0.25) is 27.6 Å². The highest BCUT2D eigenvalue weighted by Crippen LogP contribution is 2.45. The van der Waals surface area contributed by atoms with Gasteiger partial charge in [0.05, 0.1) is 26.9 Å². The number of aromatic nitrogens is 10. The first kappa shape index (κ1) is 89.2. The number of nitrogens with zero attached hydrogens (tertiary/aromatic N) is 10. The summed E-state index contributed by atoms with van der Waals surface area (Å²) in [6.07, 6.45) is 11.8. The summed E-state index contributed by atoms with van der Waals surface area (Å²) in [5.74, 6) is 0. The third-order valence-corrected chi connectivity index (χ3v) is 28.7. The van der Waals surface area contributed by atoms with Crippen molar-refractivity contribution in [3.63, 3.8) is 0 Å². The van der Waals surface area contributed by atoms with Crippen molar-refractivity contribution in [2.75, 3.05) is 0 Å². The van der Waals surface area contributed by atoms with Crippen molar-refractivity contribution in [2.24, 2.45) is 35.2 Å². The lowest BCUT2D eigenvalue weighted by Crippen LogP contribution is -2.30. The van der Waals surface area contributed by atoms with Gasteiger partial charge in [-0.3, -0.25) is 0 Å². The summed E-state index contributed by atoms with van der Waals surface area (Å²) in [4.78, 5) is 25.9. The van der Waals surface area contributed by atoms with Crippen molar-refractivity contribution in [1.82, 2.24) is 24.9 Å². The zero-order chi connectivity index (χ0) is 96.0. The topological polar surface area (TPSA) is 83.8 Å². The van der Waals surface area contributed by atoms with Crippen LogP contribution in [0.4, 0.5) is 0 Å². The van der Waals surface area contributed by atoms with Crippen LogP contribution < -0.4 is 22.8 Å². The summed E-state index contributed by atoms with van der Waals surface area (Å²) in [7, 11) is 10.7. The fourth-order valence-electron chi connectivity index (χ4n) is 22.1. The Kier molecular flexibility index (Phi) is 23.4. The van der Waals surface area contributed by atoms with Gasteiger partial charge in [0.25, 0.3) is 0 Å². The molecule has 5 heterocycles. The molecule has 0 amide bonds. The van der Waals surface area contributed by atoms with E-state index in [2.05, 4.69) is 470 Å². The van der Waals surface area contributed by atoms with Crippen LogP contribution in [0.2, 0.25) is 0 Å². The van der Waals surface area contributed by atoms with Crippen LogP contribution in [0, 0.1) is 83.1 Å². The third kappa shape index (κ3) is 15.8. The van der Waals surface area contributed by atoms with Gasteiger partial charge in [0, 0.05) is 54.7 Å². The molecule has 25 rings (SSSR count). The Morgan fingerprint density at radius 1 is 0.187 bits per heavy atom. The molecule has 0 aliphatic carbocycles. The van der Waals surface area contributed by atoms with Gasteiger partial charge in [-0.05, 0) is 211 Å². The first-order chi connectivity index (χ1) is 67.5. The highest BCUT2D eigenvalue weighted by molar-refractivity contribution is 6.29. The molecule has 0 saturated carbocycles. The molecule has 0 aliphatic rings. The van der Waals surface area contributed by atoms with Gasteiger partial charge in [0.15, 0.2) is 31.0 Å². The van der Waals surface area contributed by atoms with Gasteiger partial charge < -0.3 is 0 Å². The van der Waals surface area contributed by atoms with Crippen molar-refractivity contribution in [2.45, 2.75) is 96.4 Å². The molecule has 139 heavy (non-hydrogen) atoms. The highest BCUT2D eigenvalue weighted by atomic mass is 15.0. The second-order valence-corrected chi connectivity index (χ2v) is 38.2. The quantitative estimate of drug-likeness (QED) is 0.122. The Balaban J connectivity index is 0.000000103. The van der Waals surface area contributed by atoms with E-state index in [0.29, 0.717) is 0 Å². The lowest BCUT2D eigenvalue weighted by atomic mass is 9.91. The van der Waals surface area contributed by atoms with Crippen LogP contribution in [0.25, 0.3) is 219 Å². The number of rotatable bonds is 6. The molecule has 0 N–H and O–H groups in total. The van der Waals surface area contributed by atoms with E-state index in [9.17, 15) is 0 Å². The van der Waals surface area contributed by atoms with Crippen LogP contribution in [0.5, 0.6) is 0 Å². The molecule has 674 valence electrons. The molecule has 0 unspecified atom stereocenters. The highest BCUT2D eigenvalue weighted by Gasteiger charge is 2.29. The lowest BCUT2D eigenvalue weighted by Gasteiger charge is -2.14. The summed E-state index contributed by atoms with van der Waals surface area (Å²) in [5.41, 5.74) is 39.0. The lowest BCUT2D eigenvalue weighted by molar-refractivity contribution is -0.644. The van der Waals surface area contributed by atoms with Crippen molar-refractivity contribution in [3.8, 4) is 56.3 Å². The second-order valence-electron chi connectivity index (χ2n) is 38.2. The van der Waals surface area contributed by atoms with Crippen LogP contribution in [0.1, 0.15) is 79.2 Å². The third-order valence-electron chi connectivity index (χ3n) is 28.7. The van der Waals surface area contributed by atoms with E-state index < -0.39 is 0 Å². The summed E-state index contributed by atoms with van der Waals surface area (Å²) in [5, 5.41) is 25.6. The molecular formula is C129H113N10+5. The van der Waals surface area contributed by atoms with Crippen LogP contribution in [-0.4, -0.2) is 24.9 Å². The van der Waals surface area contributed by atoms with Gasteiger partial charge >= 0.3 is 0 Å². The standard InChI is InChI=1S/2C27H25N2.C26H23N2.C25H21N2.C24H19N2/c1-16-13-18(3)24-22(14-16)21-12-11-17(2)19(4)25(21)26-27(24)29(5)15-23(28-26)20-9-7-6-8-10-20;1-5-19-14-15-22-21-13-9-10-17(2)24(21)27-26(25(22)18(19)3)28-23(16-29(27)4)20-11-7-6-8-12-20;1-16-13-18(3)23-20-12-8-9-17(2)24(20)26-25(21(23)14-16)27-22(15-28(26)4)19-10-6-5-7-11-19;1-16-12-13-19-20-11-7-8-17(2)23(20)25-24(21(19)14-16)26-22(15-27(25)3)18-9-5-4-6-10-18;1-16-9-8-14-19-18-12-6-7-13-20(18)23-24(22(16)19)26(2)15-21(25-23)17-10-4-3-5-11-17/h6-15H,1-5H3;6-16H,5H2,1-4H3;5-15H,1-4H3;4-15H,1-3H3;3-15H,1-2H3/q5*+1. The number of fused-ring (bicyclic) bond motifs is 30. The molecule has 5 aromatic heterocycles. The summed E-state index contributed by atoms with van der Waals surface area (Å²) >= 11 is 0. The molecule has 0 saturated heterocycles.